The van der Waals surface area contributed by atoms with Crippen molar-refractivity contribution >= 4 is 17.4 Å². The predicted octanol–water partition coefficient (Wildman–Crippen LogP) is 0.750. The zero-order valence-corrected chi connectivity index (χ0v) is 9.81. The molecule has 0 atom stereocenters. The summed E-state index contributed by atoms with van der Waals surface area (Å²) in [7, 11) is 3.99. The first-order chi connectivity index (χ1) is 7.50. The lowest BCUT2D eigenvalue weighted by Gasteiger charge is -2.12. The number of nitrogens with zero attached hydrogens (tertiary/aromatic N) is 3. The van der Waals surface area contributed by atoms with Crippen molar-refractivity contribution in [2.24, 2.45) is 21.7 Å². The van der Waals surface area contributed by atoms with Crippen LogP contribution in [0.2, 0.25) is 0 Å². The summed E-state index contributed by atoms with van der Waals surface area (Å²) in [5, 5.41) is 7.52. The fourth-order valence-electron chi connectivity index (χ4n) is 1.19. The zero-order chi connectivity index (χ0) is 12.1. The van der Waals surface area contributed by atoms with Gasteiger partial charge in [0.05, 0.1) is 5.71 Å². The SMILES string of the molecule is CC(=NN=C(N)N)c1ccc(N(C)C)cc1. The van der Waals surface area contributed by atoms with Gasteiger partial charge in [-0.25, -0.2) is 0 Å². The number of nitrogens with two attached hydrogens (primary N) is 2. The first kappa shape index (κ1) is 12.0. The van der Waals surface area contributed by atoms with E-state index in [0.717, 1.165) is 17.0 Å². The van der Waals surface area contributed by atoms with E-state index in [-0.39, 0.29) is 5.96 Å². The molecule has 16 heavy (non-hydrogen) atoms. The second kappa shape index (κ2) is 5.16. The zero-order valence-electron chi connectivity index (χ0n) is 9.81. The Morgan fingerprint density at radius 1 is 1.06 bits per heavy atom. The van der Waals surface area contributed by atoms with Gasteiger partial charge < -0.3 is 16.4 Å². The Morgan fingerprint density at radius 2 is 1.62 bits per heavy atom. The highest BCUT2D eigenvalue weighted by atomic mass is 15.3. The lowest BCUT2D eigenvalue weighted by molar-refractivity contribution is 1.13. The van der Waals surface area contributed by atoms with Gasteiger partial charge in [0.15, 0.2) is 0 Å². The van der Waals surface area contributed by atoms with Crippen LogP contribution in [-0.2, 0) is 0 Å². The fraction of sp³-hybridized carbons (Fsp3) is 0.273. The Hall–Kier alpha value is -2.04. The third-order valence-electron chi connectivity index (χ3n) is 2.12. The Balaban J connectivity index is 2.90. The summed E-state index contributed by atoms with van der Waals surface area (Å²) in [6, 6.07) is 8.00. The van der Waals surface area contributed by atoms with Crippen LogP contribution in [0.5, 0.6) is 0 Å². The molecule has 0 aromatic heterocycles. The van der Waals surface area contributed by atoms with Crippen LogP contribution in [-0.4, -0.2) is 25.8 Å². The second-order valence-electron chi connectivity index (χ2n) is 3.65. The molecule has 5 nitrogen and oxygen atoms in total. The maximum Gasteiger partial charge on any atom is 0.211 e. The van der Waals surface area contributed by atoms with Crippen LogP contribution < -0.4 is 16.4 Å². The summed E-state index contributed by atoms with van der Waals surface area (Å²) in [5.74, 6) is -0.0377. The molecular formula is C11H17N5. The van der Waals surface area contributed by atoms with Crippen molar-refractivity contribution in [2.45, 2.75) is 6.92 Å². The molecule has 1 aromatic carbocycles. The Labute approximate surface area is 95.5 Å². The Kier molecular flexibility index (Phi) is 3.88. The molecule has 0 aliphatic heterocycles. The van der Waals surface area contributed by atoms with Crippen molar-refractivity contribution in [3.05, 3.63) is 29.8 Å². The number of guanidine groups is 1. The summed E-state index contributed by atoms with van der Waals surface area (Å²) >= 11 is 0. The van der Waals surface area contributed by atoms with Gasteiger partial charge in [0.25, 0.3) is 0 Å². The van der Waals surface area contributed by atoms with Crippen LogP contribution in [0.25, 0.3) is 0 Å². The van der Waals surface area contributed by atoms with E-state index < -0.39 is 0 Å². The first-order valence-corrected chi connectivity index (χ1v) is 4.91. The highest BCUT2D eigenvalue weighted by Gasteiger charge is 1.98. The molecule has 86 valence electrons. The molecule has 0 fully saturated rings. The Bertz CT molecular complexity index is 399. The normalized spacial score (nSPS) is 11.1. The van der Waals surface area contributed by atoms with Gasteiger partial charge in [-0.05, 0) is 24.6 Å². The molecule has 0 radical (unpaired) electrons. The maximum atomic E-state index is 5.20. The van der Waals surface area contributed by atoms with E-state index in [2.05, 4.69) is 10.2 Å². The number of hydrogen-bond donors (Lipinski definition) is 2. The van der Waals surface area contributed by atoms with Gasteiger partial charge >= 0.3 is 0 Å². The molecular weight excluding hydrogens is 202 g/mol. The Morgan fingerprint density at radius 3 is 2.06 bits per heavy atom. The molecule has 0 unspecified atom stereocenters. The maximum absolute atomic E-state index is 5.20. The predicted molar refractivity (Wildman–Crippen MR) is 68.8 cm³/mol. The molecule has 0 saturated heterocycles. The fourth-order valence-corrected chi connectivity index (χ4v) is 1.19. The average molecular weight is 219 g/mol. The molecule has 1 aromatic rings. The number of rotatable bonds is 3. The van der Waals surface area contributed by atoms with E-state index in [1.54, 1.807) is 0 Å². The number of benzene rings is 1. The summed E-state index contributed by atoms with van der Waals surface area (Å²) in [4.78, 5) is 2.03. The summed E-state index contributed by atoms with van der Waals surface area (Å²) in [6.45, 7) is 1.86. The topological polar surface area (TPSA) is 80.0 Å². The second-order valence-corrected chi connectivity index (χ2v) is 3.65. The lowest BCUT2D eigenvalue weighted by atomic mass is 10.1. The van der Waals surface area contributed by atoms with Crippen molar-refractivity contribution in [3.8, 4) is 0 Å². The van der Waals surface area contributed by atoms with Crippen LogP contribution in [0.1, 0.15) is 12.5 Å². The van der Waals surface area contributed by atoms with E-state index in [1.807, 2.05) is 50.2 Å². The highest BCUT2D eigenvalue weighted by Crippen LogP contribution is 2.12. The summed E-state index contributed by atoms with van der Waals surface area (Å²) in [6.07, 6.45) is 0. The molecule has 0 aliphatic rings. The van der Waals surface area contributed by atoms with Crippen LogP contribution in [0.15, 0.2) is 34.5 Å². The van der Waals surface area contributed by atoms with Gasteiger partial charge in [-0.15, -0.1) is 5.10 Å². The monoisotopic (exact) mass is 219 g/mol. The van der Waals surface area contributed by atoms with Gasteiger partial charge in [-0.3, -0.25) is 0 Å². The smallest absolute Gasteiger partial charge is 0.211 e. The molecule has 1 rings (SSSR count). The van der Waals surface area contributed by atoms with Gasteiger partial charge in [0.2, 0.25) is 5.96 Å². The van der Waals surface area contributed by atoms with Crippen molar-refractivity contribution in [3.63, 3.8) is 0 Å². The summed E-state index contributed by atoms with van der Waals surface area (Å²) in [5.41, 5.74) is 13.3. The van der Waals surface area contributed by atoms with Crippen LogP contribution >= 0.6 is 0 Å². The highest BCUT2D eigenvalue weighted by molar-refractivity contribution is 5.99. The van der Waals surface area contributed by atoms with Crippen LogP contribution in [0.4, 0.5) is 5.69 Å². The minimum atomic E-state index is -0.0377. The van der Waals surface area contributed by atoms with Gasteiger partial charge in [0, 0.05) is 19.8 Å². The summed E-state index contributed by atoms with van der Waals surface area (Å²) < 4.78 is 0. The van der Waals surface area contributed by atoms with Crippen molar-refractivity contribution < 1.29 is 0 Å². The van der Waals surface area contributed by atoms with Gasteiger partial charge in [-0.2, -0.15) is 5.10 Å². The van der Waals surface area contributed by atoms with E-state index in [4.69, 9.17) is 11.5 Å². The van der Waals surface area contributed by atoms with Crippen molar-refractivity contribution in [1.82, 2.24) is 0 Å². The van der Waals surface area contributed by atoms with E-state index >= 15 is 0 Å². The molecule has 4 N–H and O–H groups in total. The lowest BCUT2D eigenvalue weighted by Crippen LogP contribution is -2.22. The van der Waals surface area contributed by atoms with E-state index in [1.165, 1.54) is 0 Å². The molecule has 5 heteroatoms. The van der Waals surface area contributed by atoms with Crippen LogP contribution in [0, 0.1) is 0 Å². The largest absolute Gasteiger partial charge is 0.378 e. The third-order valence-corrected chi connectivity index (χ3v) is 2.12. The number of hydrogen-bond acceptors (Lipinski definition) is 3. The quantitative estimate of drug-likeness (QED) is 0.447. The average Bonchev–Trinajstić information content (AvgIpc) is 2.26. The van der Waals surface area contributed by atoms with Crippen molar-refractivity contribution in [2.75, 3.05) is 19.0 Å². The molecule has 0 saturated carbocycles. The van der Waals surface area contributed by atoms with E-state index in [9.17, 15) is 0 Å². The minimum absolute atomic E-state index is 0.0377. The molecule has 0 aliphatic carbocycles. The van der Waals surface area contributed by atoms with Gasteiger partial charge in [0.1, 0.15) is 0 Å². The van der Waals surface area contributed by atoms with E-state index in [0.29, 0.717) is 0 Å². The standard InChI is InChI=1S/C11H17N5/c1-8(14-15-11(12)13)9-4-6-10(7-5-9)16(2)3/h4-7H,1-3H3,(H4,12,13,15). The third kappa shape index (κ3) is 3.27. The number of anilines is 1. The molecule has 0 spiro atoms. The van der Waals surface area contributed by atoms with Gasteiger partial charge in [-0.1, -0.05) is 12.1 Å². The molecule has 0 amide bonds. The first-order valence-electron chi connectivity index (χ1n) is 4.91. The minimum Gasteiger partial charge on any atom is -0.378 e. The molecule has 0 bridgehead atoms. The van der Waals surface area contributed by atoms with Crippen molar-refractivity contribution in [1.29, 1.82) is 0 Å². The molecule has 0 heterocycles. The van der Waals surface area contributed by atoms with Crippen LogP contribution in [0.3, 0.4) is 0 Å².